The molecule has 1 aliphatic heterocycles. The summed E-state index contributed by atoms with van der Waals surface area (Å²) in [6.07, 6.45) is 0. The zero-order chi connectivity index (χ0) is 8.72. The van der Waals surface area contributed by atoms with Gasteiger partial charge in [0.2, 0.25) is 5.82 Å². The molecule has 0 saturated carbocycles. The highest BCUT2D eigenvalue weighted by Gasteiger charge is 2.25. The third kappa shape index (κ3) is 0.848. The summed E-state index contributed by atoms with van der Waals surface area (Å²) in [7, 11) is 0. The van der Waals surface area contributed by atoms with Crippen molar-refractivity contribution in [2.75, 3.05) is 6.61 Å². The van der Waals surface area contributed by atoms with Gasteiger partial charge in [-0.15, -0.1) is 0 Å². The van der Waals surface area contributed by atoms with Crippen molar-refractivity contribution in [2.45, 2.75) is 6.04 Å². The zero-order valence-electron chi connectivity index (χ0n) is 6.25. The molecule has 12 heavy (non-hydrogen) atoms. The van der Waals surface area contributed by atoms with E-state index in [4.69, 9.17) is 15.6 Å². The summed E-state index contributed by atoms with van der Waals surface area (Å²) < 4.78 is 18.0. The maximum Gasteiger partial charge on any atom is 0.206 e. The number of hydrogen-bond acceptors (Lipinski definition) is 3. The summed E-state index contributed by atoms with van der Waals surface area (Å²) in [6.45, 7) is 0.274. The third-order valence-corrected chi connectivity index (χ3v) is 1.91. The van der Waals surface area contributed by atoms with Crippen molar-refractivity contribution in [2.24, 2.45) is 5.73 Å². The molecule has 0 unspecified atom stereocenters. The number of halogens is 1. The first-order chi connectivity index (χ1) is 5.70. The van der Waals surface area contributed by atoms with Gasteiger partial charge in [-0.2, -0.15) is 4.39 Å². The molecule has 1 atom stereocenters. The Bertz CT molecular complexity index is 327. The van der Waals surface area contributed by atoms with E-state index in [2.05, 4.69) is 0 Å². The predicted molar refractivity (Wildman–Crippen MR) is 40.5 cm³/mol. The lowest BCUT2D eigenvalue weighted by Gasteiger charge is -2.02. The minimum Gasteiger partial charge on any atom is -0.505 e. The van der Waals surface area contributed by atoms with Gasteiger partial charge < -0.3 is 15.6 Å². The largest absolute Gasteiger partial charge is 0.505 e. The number of phenols is 1. The van der Waals surface area contributed by atoms with Crippen LogP contribution in [-0.2, 0) is 0 Å². The van der Waals surface area contributed by atoms with Gasteiger partial charge in [-0.1, -0.05) is 0 Å². The van der Waals surface area contributed by atoms with E-state index >= 15 is 0 Å². The molecule has 64 valence electrons. The summed E-state index contributed by atoms with van der Waals surface area (Å²) in [5.41, 5.74) is 6.21. The van der Waals surface area contributed by atoms with Crippen LogP contribution in [0.1, 0.15) is 11.6 Å². The smallest absolute Gasteiger partial charge is 0.206 e. The van der Waals surface area contributed by atoms with E-state index in [1.54, 1.807) is 6.07 Å². The molecule has 4 heteroatoms. The van der Waals surface area contributed by atoms with E-state index in [0.29, 0.717) is 5.56 Å². The van der Waals surface area contributed by atoms with Crippen LogP contribution in [0.5, 0.6) is 11.5 Å². The Morgan fingerprint density at radius 3 is 3.08 bits per heavy atom. The van der Waals surface area contributed by atoms with Gasteiger partial charge in [-0.25, -0.2) is 0 Å². The minimum atomic E-state index is -0.722. The summed E-state index contributed by atoms with van der Waals surface area (Å²) in [5.74, 6) is -1.04. The second-order valence-corrected chi connectivity index (χ2v) is 2.73. The number of ether oxygens (including phenoxy) is 1. The molecule has 0 fully saturated rings. The zero-order valence-corrected chi connectivity index (χ0v) is 6.25. The van der Waals surface area contributed by atoms with Crippen molar-refractivity contribution >= 4 is 0 Å². The standard InChI is InChI=1S/C8H8FNO2/c9-7-6(11)2-1-4-5(10)3-12-8(4)7/h1-2,5,11H,3,10H2/t5-/m1/s1. The minimum absolute atomic E-state index is 0.0856. The first-order valence-corrected chi connectivity index (χ1v) is 3.60. The summed E-state index contributed by atoms with van der Waals surface area (Å²) >= 11 is 0. The van der Waals surface area contributed by atoms with Crippen LogP contribution in [0.25, 0.3) is 0 Å². The molecule has 3 nitrogen and oxygen atoms in total. The van der Waals surface area contributed by atoms with Gasteiger partial charge in [0, 0.05) is 5.56 Å². The average Bonchev–Trinajstić information content (AvgIpc) is 2.41. The molecular weight excluding hydrogens is 161 g/mol. The fourth-order valence-corrected chi connectivity index (χ4v) is 1.26. The lowest BCUT2D eigenvalue weighted by Crippen LogP contribution is -2.10. The SMILES string of the molecule is N[C@@H]1COc2c1ccc(O)c2F. The summed E-state index contributed by atoms with van der Waals surface area (Å²) in [5, 5.41) is 8.97. The van der Waals surface area contributed by atoms with E-state index in [-0.39, 0.29) is 18.4 Å². The molecule has 3 N–H and O–H groups in total. The molecule has 0 radical (unpaired) electrons. The molecular formula is C8H8FNO2. The highest BCUT2D eigenvalue weighted by Crippen LogP contribution is 2.37. The van der Waals surface area contributed by atoms with Crippen LogP contribution in [-0.4, -0.2) is 11.7 Å². The fraction of sp³-hybridized carbons (Fsp3) is 0.250. The molecule has 1 aromatic rings. The molecule has 0 aliphatic carbocycles. The number of aromatic hydroxyl groups is 1. The third-order valence-electron chi connectivity index (χ3n) is 1.91. The van der Waals surface area contributed by atoms with Crippen molar-refractivity contribution < 1.29 is 14.2 Å². The maximum atomic E-state index is 13.0. The predicted octanol–water partition coefficient (Wildman–Crippen LogP) is 0.923. The maximum absolute atomic E-state index is 13.0. The van der Waals surface area contributed by atoms with E-state index < -0.39 is 11.6 Å². The number of rotatable bonds is 0. The molecule has 1 aromatic carbocycles. The Hall–Kier alpha value is -1.29. The lowest BCUT2D eigenvalue weighted by atomic mass is 10.1. The summed E-state index contributed by atoms with van der Waals surface area (Å²) in [4.78, 5) is 0. The Balaban J connectivity index is 2.60. The molecule has 0 amide bonds. The highest BCUT2D eigenvalue weighted by atomic mass is 19.1. The lowest BCUT2D eigenvalue weighted by molar-refractivity contribution is 0.313. The first-order valence-electron chi connectivity index (χ1n) is 3.60. The van der Waals surface area contributed by atoms with Crippen molar-refractivity contribution in [1.29, 1.82) is 0 Å². The van der Waals surface area contributed by atoms with Crippen LogP contribution in [0.4, 0.5) is 4.39 Å². The van der Waals surface area contributed by atoms with Gasteiger partial charge >= 0.3 is 0 Å². The Morgan fingerprint density at radius 1 is 1.58 bits per heavy atom. The average molecular weight is 169 g/mol. The van der Waals surface area contributed by atoms with E-state index in [0.717, 1.165) is 0 Å². The molecule has 0 saturated heterocycles. The normalized spacial score (nSPS) is 20.3. The molecule has 2 rings (SSSR count). The van der Waals surface area contributed by atoms with Crippen LogP contribution >= 0.6 is 0 Å². The van der Waals surface area contributed by atoms with E-state index in [9.17, 15) is 4.39 Å². The van der Waals surface area contributed by atoms with Crippen molar-refractivity contribution in [3.63, 3.8) is 0 Å². The Morgan fingerprint density at radius 2 is 2.33 bits per heavy atom. The van der Waals surface area contributed by atoms with Crippen molar-refractivity contribution in [3.05, 3.63) is 23.5 Å². The fourth-order valence-electron chi connectivity index (χ4n) is 1.26. The van der Waals surface area contributed by atoms with Crippen LogP contribution in [0.2, 0.25) is 0 Å². The van der Waals surface area contributed by atoms with Gasteiger partial charge in [-0.05, 0) is 12.1 Å². The van der Waals surface area contributed by atoms with Gasteiger partial charge in [0.15, 0.2) is 11.5 Å². The number of benzene rings is 1. The molecule has 0 aromatic heterocycles. The van der Waals surface area contributed by atoms with Crippen LogP contribution in [0.3, 0.4) is 0 Å². The van der Waals surface area contributed by atoms with Crippen molar-refractivity contribution in [3.8, 4) is 11.5 Å². The quantitative estimate of drug-likeness (QED) is 0.607. The Kier molecular flexibility index (Phi) is 1.44. The van der Waals surface area contributed by atoms with Gasteiger partial charge in [-0.3, -0.25) is 0 Å². The number of fused-ring (bicyclic) bond motifs is 1. The second-order valence-electron chi connectivity index (χ2n) is 2.73. The highest BCUT2D eigenvalue weighted by molar-refractivity contribution is 5.45. The second kappa shape index (κ2) is 2.35. The topological polar surface area (TPSA) is 55.5 Å². The van der Waals surface area contributed by atoms with Gasteiger partial charge in [0.05, 0.1) is 6.04 Å². The van der Waals surface area contributed by atoms with Crippen molar-refractivity contribution in [1.82, 2.24) is 0 Å². The number of phenolic OH excluding ortho intramolecular Hbond substituents is 1. The van der Waals surface area contributed by atoms with E-state index in [1.165, 1.54) is 6.07 Å². The molecule has 0 bridgehead atoms. The van der Waals surface area contributed by atoms with E-state index in [1.807, 2.05) is 0 Å². The van der Waals surface area contributed by atoms with Crippen LogP contribution < -0.4 is 10.5 Å². The molecule has 1 heterocycles. The monoisotopic (exact) mass is 169 g/mol. The van der Waals surface area contributed by atoms with Gasteiger partial charge in [0.1, 0.15) is 6.61 Å². The first kappa shape index (κ1) is 7.36. The molecule has 0 spiro atoms. The Labute approximate surface area is 68.6 Å². The number of nitrogens with two attached hydrogens (primary N) is 1. The van der Waals surface area contributed by atoms with Gasteiger partial charge in [0.25, 0.3) is 0 Å². The molecule has 1 aliphatic rings. The van der Waals surface area contributed by atoms with Crippen LogP contribution in [0.15, 0.2) is 12.1 Å². The summed E-state index contributed by atoms with van der Waals surface area (Å²) in [6, 6.07) is 2.57. The van der Waals surface area contributed by atoms with Crippen LogP contribution in [0, 0.1) is 5.82 Å². The number of hydrogen-bond donors (Lipinski definition) is 2.